The molecule has 0 bridgehead atoms. The van der Waals surface area contributed by atoms with Gasteiger partial charge in [-0.2, -0.15) is 0 Å². The van der Waals surface area contributed by atoms with Gasteiger partial charge in [0.1, 0.15) is 11.6 Å². The molecule has 0 radical (unpaired) electrons. The number of amides is 1. The van der Waals surface area contributed by atoms with Crippen LogP contribution >= 0.6 is 0 Å². The van der Waals surface area contributed by atoms with E-state index < -0.39 is 0 Å². The third-order valence-corrected chi connectivity index (χ3v) is 2.76. The molecule has 0 aliphatic heterocycles. The van der Waals surface area contributed by atoms with Crippen LogP contribution in [0.25, 0.3) is 0 Å². The Morgan fingerprint density at radius 2 is 2.32 bits per heavy atom. The molecule has 1 amide bonds. The molecule has 0 unspecified atom stereocenters. The van der Waals surface area contributed by atoms with E-state index in [4.69, 9.17) is 4.74 Å². The number of hydrogen-bond donors (Lipinski definition) is 1. The second-order valence-electron chi connectivity index (χ2n) is 4.61. The van der Waals surface area contributed by atoms with Crippen LogP contribution in [-0.2, 0) is 4.79 Å². The van der Waals surface area contributed by atoms with E-state index in [9.17, 15) is 9.18 Å². The quantitative estimate of drug-likeness (QED) is 0.843. The molecule has 1 aromatic carbocycles. The maximum absolute atomic E-state index is 13.2. The summed E-state index contributed by atoms with van der Waals surface area (Å²) in [5.74, 6) is 6.34. The molecular weight excluding hydrogens is 245 g/mol. The van der Waals surface area contributed by atoms with Gasteiger partial charge in [-0.1, -0.05) is 11.8 Å². The Morgan fingerprint density at radius 3 is 3.00 bits per heavy atom. The van der Waals surface area contributed by atoms with Crippen LogP contribution in [0.15, 0.2) is 18.2 Å². The van der Waals surface area contributed by atoms with Crippen molar-refractivity contribution in [2.24, 2.45) is 5.92 Å². The van der Waals surface area contributed by atoms with Gasteiger partial charge in [0, 0.05) is 6.92 Å². The number of hydrogen-bond acceptors (Lipinski definition) is 2. The van der Waals surface area contributed by atoms with Gasteiger partial charge in [0.05, 0.1) is 18.7 Å². The number of benzene rings is 1. The summed E-state index contributed by atoms with van der Waals surface area (Å²) in [6, 6.07) is 4.31. The van der Waals surface area contributed by atoms with Gasteiger partial charge in [-0.3, -0.25) is 4.79 Å². The van der Waals surface area contributed by atoms with E-state index in [2.05, 4.69) is 17.2 Å². The Kier molecular flexibility index (Phi) is 4.40. The first-order valence-electron chi connectivity index (χ1n) is 6.31. The Balaban J connectivity index is 2.02. The summed E-state index contributed by atoms with van der Waals surface area (Å²) < 4.78 is 18.8. The smallest absolute Gasteiger partial charge is 0.217 e. The largest absolute Gasteiger partial charge is 0.492 e. The van der Waals surface area contributed by atoms with E-state index in [0.717, 1.165) is 0 Å². The maximum atomic E-state index is 13.2. The SMILES string of the molecule is CC(=O)NCC#Cc1cc(F)ccc1OCC1CC1. The lowest BCUT2D eigenvalue weighted by Crippen LogP contribution is -2.19. The van der Waals surface area contributed by atoms with Gasteiger partial charge < -0.3 is 10.1 Å². The molecule has 0 saturated heterocycles. The van der Waals surface area contributed by atoms with Crippen molar-refractivity contribution in [2.75, 3.05) is 13.2 Å². The first-order valence-corrected chi connectivity index (χ1v) is 6.31. The monoisotopic (exact) mass is 261 g/mol. The molecule has 1 fully saturated rings. The van der Waals surface area contributed by atoms with E-state index in [1.807, 2.05) is 0 Å². The van der Waals surface area contributed by atoms with E-state index in [0.29, 0.717) is 23.8 Å². The van der Waals surface area contributed by atoms with Crippen molar-refractivity contribution in [1.82, 2.24) is 5.32 Å². The standard InChI is InChI=1S/C15H16FNO2/c1-11(18)17-8-2-3-13-9-14(16)6-7-15(13)19-10-12-4-5-12/h6-7,9,12H,4-5,8,10H2,1H3,(H,17,18). The Bertz CT molecular complexity index is 527. The summed E-state index contributed by atoms with van der Waals surface area (Å²) in [5, 5.41) is 2.56. The van der Waals surface area contributed by atoms with Crippen LogP contribution in [-0.4, -0.2) is 19.1 Å². The van der Waals surface area contributed by atoms with E-state index in [1.54, 1.807) is 6.07 Å². The molecule has 100 valence electrons. The van der Waals surface area contributed by atoms with Crippen molar-refractivity contribution in [3.8, 4) is 17.6 Å². The molecule has 4 heteroatoms. The van der Waals surface area contributed by atoms with Crippen LogP contribution in [0.1, 0.15) is 25.3 Å². The Morgan fingerprint density at radius 1 is 1.53 bits per heavy atom. The van der Waals surface area contributed by atoms with Crippen LogP contribution in [0.2, 0.25) is 0 Å². The first-order chi connectivity index (χ1) is 9.15. The van der Waals surface area contributed by atoms with Crippen molar-refractivity contribution >= 4 is 5.91 Å². The molecule has 1 aliphatic carbocycles. The zero-order chi connectivity index (χ0) is 13.7. The number of nitrogens with one attached hydrogen (secondary N) is 1. The molecule has 1 N–H and O–H groups in total. The molecule has 0 heterocycles. The molecule has 19 heavy (non-hydrogen) atoms. The van der Waals surface area contributed by atoms with Gasteiger partial charge in [0.2, 0.25) is 5.91 Å². The molecule has 3 nitrogen and oxygen atoms in total. The summed E-state index contributed by atoms with van der Waals surface area (Å²) in [7, 11) is 0. The lowest BCUT2D eigenvalue weighted by molar-refractivity contribution is -0.118. The van der Waals surface area contributed by atoms with E-state index in [1.165, 1.54) is 31.9 Å². The third-order valence-electron chi connectivity index (χ3n) is 2.76. The zero-order valence-electron chi connectivity index (χ0n) is 10.8. The second-order valence-corrected chi connectivity index (χ2v) is 4.61. The fourth-order valence-corrected chi connectivity index (χ4v) is 1.53. The summed E-state index contributed by atoms with van der Waals surface area (Å²) >= 11 is 0. The summed E-state index contributed by atoms with van der Waals surface area (Å²) in [4.78, 5) is 10.7. The lowest BCUT2D eigenvalue weighted by Gasteiger charge is -2.07. The number of carbonyl (C=O) groups is 1. The van der Waals surface area contributed by atoms with Crippen molar-refractivity contribution in [1.29, 1.82) is 0 Å². The molecule has 0 spiro atoms. The maximum Gasteiger partial charge on any atom is 0.217 e. The summed E-state index contributed by atoms with van der Waals surface area (Å²) in [6.07, 6.45) is 2.40. The van der Waals surface area contributed by atoms with Crippen molar-refractivity contribution < 1.29 is 13.9 Å². The third kappa shape index (κ3) is 4.63. The minimum absolute atomic E-state index is 0.140. The highest BCUT2D eigenvalue weighted by Gasteiger charge is 2.22. The van der Waals surface area contributed by atoms with Gasteiger partial charge in [0.25, 0.3) is 0 Å². The minimum Gasteiger partial charge on any atom is -0.492 e. The van der Waals surface area contributed by atoms with Gasteiger partial charge in [0.15, 0.2) is 0 Å². The normalized spacial score (nSPS) is 13.4. The molecular formula is C15H16FNO2. The average Bonchev–Trinajstić information content (AvgIpc) is 3.17. The van der Waals surface area contributed by atoms with Gasteiger partial charge in [-0.15, -0.1) is 0 Å². The van der Waals surface area contributed by atoms with Crippen LogP contribution in [0.5, 0.6) is 5.75 Å². The molecule has 2 rings (SSSR count). The highest BCUT2D eigenvalue weighted by Crippen LogP contribution is 2.30. The highest BCUT2D eigenvalue weighted by atomic mass is 19.1. The van der Waals surface area contributed by atoms with E-state index in [-0.39, 0.29) is 18.3 Å². The van der Waals surface area contributed by atoms with Crippen LogP contribution in [0.4, 0.5) is 4.39 Å². The predicted octanol–water partition coefficient (Wildman–Crippen LogP) is 2.10. The van der Waals surface area contributed by atoms with Gasteiger partial charge in [-0.25, -0.2) is 4.39 Å². The van der Waals surface area contributed by atoms with Crippen molar-refractivity contribution in [3.63, 3.8) is 0 Å². The van der Waals surface area contributed by atoms with Gasteiger partial charge >= 0.3 is 0 Å². The van der Waals surface area contributed by atoms with Crippen molar-refractivity contribution in [3.05, 3.63) is 29.6 Å². The molecule has 1 saturated carbocycles. The molecule has 1 aliphatic rings. The number of carbonyl (C=O) groups excluding carboxylic acids is 1. The van der Waals surface area contributed by atoms with Crippen LogP contribution in [0, 0.1) is 23.6 Å². The Hall–Kier alpha value is -2.02. The first kappa shape index (κ1) is 13.4. The number of halogens is 1. The predicted molar refractivity (Wildman–Crippen MR) is 70.2 cm³/mol. The topological polar surface area (TPSA) is 38.3 Å². The zero-order valence-corrected chi connectivity index (χ0v) is 10.8. The average molecular weight is 261 g/mol. The van der Waals surface area contributed by atoms with Gasteiger partial charge in [-0.05, 0) is 37.0 Å². The highest BCUT2D eigenvalue weighted by molar-refractivity contribution is 5.73. The molecule has 0 atom stereocenters. The lowest BCUT2D eigenvalue weighted by atomic mass is 10.2. The number of rotatable bonds is 4. The van der Waals surface area contributed by atoms with E-state index >= 15 is 0 Å². The fraction of sp³-hybridized carbons (Fsp3) is 0.400. The molecule has 1 aromatic rings. The second kappa shape index (κ2) is 6.24. The van der Waals surface area contributed by atoms with Crippen LogP contribution < -0.4 is 10.1 Å². The Labute approximate surface area is 112 Å². The summed E-state index contributed by atoms with van der Waals surface area (Å²) in [6.45, 7) is 2.33. The fourth-order valence-electron chi connectivity index (χ4n) is 1.53. The molecule has 0 aromatic heterocycles. The number of ether oxygens (including phenoxy) is 1. The van der Waals surface area contributed by atoms with Crippen LogP contribution in [0.3, 0.4) is 0 Å². The minimum atomic E-state index is -0.345. The summed E-state index contributed by atoms with van der Waals surface area (Å²) in [5.41, 5.74) is 0.519. The van der Waals surface area contributed by atoms with Crippen molar-refractivity contribution in [2.45, 2.75) is 19.8 Å².